The molecule has 1 aromatic rings. The number of likely N-dealkylation sites (tertiary alicyclic amines) is 1. The minimum absolute atomic E-state index is 0. The van der Waals surface area contributed by atoms with Crippen molar-refractivity contribution >= 4 is 29.5 Å². The number of fused-ring (bicyclic) bond motifs is 1. The molecule has 13 heteroatoms. The summed E-state index contributed by atoms with van der Waals surface area (Å²) in [4.78, 5) is 78.5. The van der Waals surface area contributed by atoms with E-state index in [9.17, 15) is 29.1 Å². The largest absolute Gasteiger partial charge is 0.381 e. The molecule has 13 nitrogen and oxygen atoms in total. The Morgan fingerprint density at radius 2 is 1.64 bits per heavy atom. The molecule has 5 rings (SSSR count). The van der Waals surface area contributed by atoms with Crippen LogP contribution >= 0.6 is 0 Å². The van der Waals surface area contributed by atoms with Crippen LogP contribution in [0.25, 0.3) is 0 Å². The summed E-state index contributed by atoms with van der Waals surface area (Å²) >= 11 is 0. The Morgan fingerprint density at radius 1 is 0.920 bits per heavy atom. The molecule has 4 aliphatic rings. The number of aliphatic hydroxyl groups is 1. The minimum atomic E-state index is -1.40. The first-order valence-corrected chi connectivity index (χ1v) is 18.4. The van der Waals surface area contributed by atoms with Crippen molar-refractivity contribution in [3.8, 4) is 0 Å². The Hall–Kier alpha value is -3.61. The van der Waals surface area contributed by atoms with Gasteiger partial charge in [0, 0.05) is 25.0 Å². The van der Waals surface area contributed by atoms with E-state index in [0.717, 1.165) is 64.2 Å². The van der Waals surface area contributed by atoms with Gasteiger partial charge in [0.2, 0.25) is 17.7 Å². The fourth-order valence-electron chi connectivity index (χ4n) is 8.00. The smallest absolute Gasteiger partial charge is 0.272 e. The third-order valence-electron chi connectivity index (χ3n) is 10.8. The molecule has 1 saturated heterocycles. The highest BCUT2D eigenvalue weighted by Gasteiger charge is 2.52. The first-order valence-electron chi connectivity index (χ1n) is 18.4. The maximum Gasteiger partial charge on any atom is 0.272 e. The van der Waals surface area contributed by atoms with Crippen LogP contribution in [-0.2, 0) is 19.2 Å². The van der Waals surface area contributed by atoms with Gasteiger partial charge in [-0.25, -0.2) is 4.98 Å². The molecule has 1 aliphatic heterocycles. The highest BCUT2D eigenvalue weighted by atomic mass is 16.3. The van der Waals surface area contributed by atoms with Crippen molar-refractivity contribution in [1.29, 1.82) is 0 Å². The lowest BCUT2D eigenvalue weighted by Gasteiger charge is -2.38. The Bertz CT molecular complexity index is 1340. The van der Waals surface area contributed by atoms with Crippen molar-refractivity contribution in [1.82, 2.24) is 36.1 Å². The molecule has 0 bridgehead atoms. The van der Waals surface area contributed by atoms with Crippen molar-refractivity contribution in [3.63, 3.8) is 0 Å². The summed E-state index contributed by atoms with van der Waals surface area (Å²) in [5.41, 5.74) is -0.618. The Morgan fingerprint density at radius 3 is 2.26 bits per heavy atom. The summed E-state index contributed by atoms with van der Waals surface area (Å²) in [6, 6.07) is -3.35. The summed E-state index contributed by atoms with van der Waals surface area (Å²) in [5, 5.41) is 22.6. The number of aliphatic hydroxyl groups excluding tert-OH is 1. The molecule has 3 aliphatic carbocycles. The molecule has 2 unspecified atom stereocenters. The molecule has 2 heterocycles. The summed E-state index contributed by atoms with van der Waals surface area (Å²) in [7, 11) is 0. The highest BCUT2D eigenvalue weighted by Crippen LogP contribution is 2.43. The maximum atomic E-state index is 14.6. The lowest BCUT2D eigenvalue weighted by atomic mass is 9.82. The topological polar surface area (TPSA) is 183 Å². The van der Waals surface area contributed by atoms with Crippen molar-refractivity contribution < 1.29 is 29.1 Å². The van der Waals surface area contributed by atoms with Gasteiger partial charge in [-0.05, 0) is 68.1 Å². The molecule has 5 amide bonds. The van der Waals surface area contributed by atoms with E-state index < -0.39 is 53.4 Å². The van der Waals surface area contributed by atoms with E-state index in [0.29, 0.717) is 19.4 Å². The fraction of sp³-hybridized carbons (Fsp3) is 0.757. The minimum Gasteiger partial charge on any atom is -0.381 e. The van der Waals surface area contributed by atoms with Gasteiger partial charge < -0.3 is 31.3 Å². The molecule has 5 N–H and O–H groups in total. The van der Waals surface area contributed by atoms with Gasteiger partial charge in [-0.3, -0.25) is 29.0 Å². The van der Waals surface area contributed by atoms with Crippen LogP contribution in [0.4, 0.5) is 0 Å². The van der Waals surface area contributed by atoms with Crippen molar-refractivity contribution in [2.24, 2.45) is 23.2 Å². The van der Waals surface area contributed by atoms with Gasteiger partial charge in [0.1, 0.15) is 23.8 Å². The van der Waals surface area contributed by atoms with E-state index >= 15 is 0 Å². The quantitative estimate of drug-likeness (QED) is 0.209. The van der Waals surface area contributed by atoms with E-state index in [2.05, 4.69) is 31.2 Å². The predicted octanol–water partition coefficient (Wildman–Crippen LogP) is 2.87. The first-order chi connectivity index (χ1) is 23.4. The Labute approximate surface area is 296 Å². The molecular formula is C37H59N7O6. The number of carbonyl (C=O) groups is 5. The third kappa shape index (κ3) is 9.38. The monoisotopic (exact) mass is 697 g/mol. The van der Waals surface area contributed by atoms with Gasteiger partial charge in [-0.2, -0.15) is 0 Å². The van der Waals surface area contributed by atoms with Crippen LogP contribution < -0.4 is 21.3 Å². The second kappa shape index (κ2) is 17.1. The van der Waals surface area contributed by atoms with E-state index in [1.165, 1.54) is 18.6 Å². The molecule has 1 aromatic heterocycles. The lowest BCUT2D eigenvalue weighted by Crippen LogP contribution is -2.62. The van der Waals surface area contributed by atoms with E-state index in [4.69, 9.17) is 0 Å². The first kappa shape index (κ1) is 39.2. The molecule has 0 aromatic carbocycles. The fourth-order valence-corrected chi connectivity index (χ4v) is 8.00. The predicted molar refractivity (Wildman–Crippen MR) is 188 cm³/mol. The van der Waals surface area contributed by atoms with Crippen LogP contribution in [0, 0.1) is 23.2 Å². The van der Waals surface area contributed by atoms with Crippen molar-refractivity contribution in [2.75, 3.05) is 6.54 Å². The number of carbonyl (C=O) groups excluding carboxylic acids is 5. The van der Waals surface area contributed by atoms with Crippen molar-refractivity contribution in [3.05, 3.63) is 24.3 Å². The second-order valence-corrected chi connectivity index (χ2v) is 15.7. The van der Waals surface area contributed by atoms with Crippen LogP contribution in [0.15, 0.2) is 18.6 Å². The summed E-state index contributed by atoms with van der Waals surface area (Å²) in [5.74, 6) is -2.18. The summed E-state index contributed by atoms with van der Waals surface area (Å²) in [6.45, 7) is 7.95. The zero-order valence-electron chi connectivity index (χ0n) is 29.5. The van der Waals surface area contributed by atoms with Gasteiger partial charge in [0.05, 0.1) is 12.2 Å². The van der Waals surface area contributed by atoms with E-state index in [1.54, 1.807) is 4.90 Å². The highest BCUT2D eigenvalue weighted by molar-refractivity contribution is 5.98. The van der Waals surface area contributed by atoms with E-state index in [-0.39, 0.29) is 48.7 Å². The third-order valence-corrected chi connectivity index (χ3v) is 10.8. The number of hydrogen-bond acceptors (Lipinski definition) is 8. The van der Waals surface area contributed by atoms with Gasteiger partial charge >= 0.3 is 0 Å². The molecule has 0 spiro atoms. The number of rotatable bonds is 13. The number of hydrogen-bond donors (Lipinski definition) is 5. The second-order valence-electron chi connectivity index (χ2n) is 15.7. The van der Waals surface area contributed by atoms with Gasteiger partial charge in [-0.15, -0.1) is 0 Å². The van der Waals surface area contributed by atoms with Crippen LogP contribution in [0.2, 0.25) is 0 Å². The van der Waals surface area contributed by atoms with Gasteiger partial charge in [0.15, 0.2) is 6.10 Å². The number of nitrogens with zero attached hydrogens (tertiary/aromatic N) is 3. The number of aromatic nitrogens is 2. The average Bonchev–Trinajstić information content (AvgIpc) is 3.65. The van der Waals surface area contributed by atoms with Gasteiger partial charge in [0.25, 0.3) is 11.8 Å². The average molecular weight is 698 g/mol. The van der Waals surface area contributed by atoms with Crippen LogP contribution in [0.1, 0.15) is 123 Å². The normalized spacial score (nSPS) is 24.5. The van der Waals surface area contributed by atoms with Crippen LogP contribution in [0.5, 0.6) is 0 Å². The van der Waals surface area contributed by atoms with E-state index in [1.807, 2.05) is 27.7 Å². The molecule has 7 atom stereocenters. The summed E-state index contributed by atoms with van der Waals surface area (Å²) in [6.07, 6.45) is 12.8. The zero-order chi connectivity index (χ0) is 35.3. The molecule has 50 heavy (non-hydrogen) atoms. The SMILES string of the molecule is C.CCCC(NC(=O)[C@@H]1[C@H]2CCC[C@H]2CN1C(=O)[C@@H](NC(=O)[C@H](NC(=O)c1cnccn1)C1CCCCC1)C(C)(C)C)C(O)C(=O)NC1CC1. The lowest BCUT2D eigenvalue weighted by molar-refractivity contribution is -0.146. The van der Waals surface area contributed by atoms with Crippen LogP contribution in [0.3, 0.4) is 0 Å². The standard InChI is InChI=1S/C36H55N7O6.CH4/c1-5-10-25(29(44)34(48)39-23-15-16-23)40-33(47)28-24-14-9-13-22(24)20-43(28)35(49)30(36(2,3)4)42-32(46)27(21-11-7-6-8-12-21)41-31(45)26-19-37-17-18-38-26;/h17-19,21-25,27-30,44H,5-16,20H2,1-4H3,(H,39,48)(H,40,47)(H,41,45)(H,42,46);1H4/t22-,24-,25?,27+,28-,29?,30+;/m0./s1. The Balaban J connectivity index is 0.00000562. The summed E-state index contributed by atoms with van der Waals surface area (Å²) < 4.78 is 0. The molecular weight excluding hydrogens is 638 g/mol. The Kier molecular flexibility index (Phi) is 13.4. The molecule has 0 radical (unpaired) electrons. The molecule has 4 fully saturated rings. The maximum absolute atomic E-state index is 14.6. The zero-order valence-corrected chi connectivity index (χ0v) is 29.5. The van der Waals surface area contributed by atoms with Crippen molar-refractivity contribution in [2.45, 2.75) is 148 Å². The number of nitrogens with one attached hydrogen (secondary N) is 4. The molecule has 278 valence electrons. The van der Waals surface area contributed by atoms with Crippen LogP contribution in [-0.4, -0.2) is 92.4 Å². The van der Waals surface area contributed by atoms with Gasteiger partial charge in [-0.1, -0.05) is 67.2 Å². The molecule has 3 saturated carbocycles. The number of amides is 5.